The molecule has 6 nitrogen and oxygen atoms in total. The smallest absolute Gasteiger partial charge is 0.313 e. The second kappa shape index (κ2) is 8.82. The Bertz CT molecular complexity index is 806. The summed E-state index contributed by atoms with van der Waals surface area (Å²) in [6.45, 7) is 3.93. The highest BCUT2D eigenvalue weighted by molar-refractivity contribution is 7.10. The fraction of sp³-hybridized carbons (Fsp3) is 0.278. The predicted molar refractivity (Wildman–Crippen MR) is 104 cm³/mol. The maximum absolute atomic E-state index is 12.3. The second-order valence-corrected chi connectivity index (χ2v) is 7.32. The van der Waals surface area contributed by atoms with Gasteiger partial charge in [-0.25, -0.2) is 0 Å². The topological polar surface area (TPSA) is 87.3 Å². The number of nitrogens with one attached hydrogen (secondary N) is 3. The van der Waals surface area contributed by atoms with Gasteiger partial charge in [-0.1, -0.05) is 31.5 Å². The number of carbonyl (C=O) groups excluding carboxylic acids is 3. The van der Waals surface area contributed by atoms with Crippen molar-refractivity contribution in [2.24, 2.45) is 5.92 Å². The molecule has 0 aliphatic heterocycles. The Morgan fingerprint density at radius 2 is 1.85 bits per heavy atom. The maximum atomic E-state index is 12.3. The van der Waals surface area contributed by atoms with Crippen molar-refractivity contribution in [2.75, 3.05) is 12.4 Å². The zero-order valence-electron chi connectivity index (χ0n) is 14.6. The first kappa shape index (κ1) is 19.9. The summed E-state index contributed by atoms with van der Waals surface area (Å²) in [5, 5.41) is 9.84. The van der Waals surface area contributed by atoms with Crippen molar-refractivity contribution in [1.82, 2.24) is 10.6 Å². The van der Waals surface area contributed by atoms with Crippen LogP contribution in [0.25, 0.3) is 0 Å². The molecule has 1 aromatic carbocycles. The lowest BCUT2D eigenvalue weighted by Gasteiger charge is -2.21. The van der Waals surface area contributed by atoms with E-state index < -0.39 is 11.8 Å². The van der Waals surface area contributed by atoms with Crippen molar-refractivity contribution in [2.45, 2.75) is 19.9 Å². The third kappa shape index (κ3) is 4.83. The van der Waals surface area contributed by atoms with Gasteiger partial charge in [0.05, 0.1) is 16.8 Å². The Balaban J connectivity index is 2.11. The largest absolute Gasteiger partial charge is 0.355 e. The highest BCUT2D eigenvalue weighted by atomic mass is 35.5. The lowest BCUT2D eigenvalue weighted by atomic mass is 10.0. The molecule has 2 aromatic rings. The summed E-state index contributed by atoms with van der Waals surface area (Å²) in [4.78, 5) is 37.2. The molecular weight excluding hydrogens is 374 g/mol. The fourth-order valence-electron chi connectivity index (χ4n) is 2.33. The van der Waals surface area contributed by atoms with Gasteiger partial charge in [0.1, 0.15) is 0 Å². The minimum absolute atomic E-state index is 0.116. The van der Waals surface area contributed by atoms with Crippen LogP contribution >= 0.6 is 22.9 Å². The van der Waals surface area contributed by atoms with Gasteiger partial charge in [-0.05, 0) is 35.6 Å². The molecule has 2 rings (SSSR count). The number of halogens is 1. The third-order valence-corrected chi connectivity index (χ3v) is 5.00. The van der Waals surface area contributed by atoms with Crippen molar-refractivity contribution in [1.29, 1.82) is 0 Å². The molecule has 0 radical (unpaired) electrons. The third-order valence-electron chi connectivity index (χ3n) is 3.71. The van der Waals surface area contributed by atoms with Crippen molar-refractivity contribution in [3.05, 3.63) is 51.2 Å². The number of hydrogen-bond donors (Lipinski definition) is 3. The first-order chi connectivity index (χ1) is 12.3. The van der Waals surface area contributed by atoms with Crippen molar-refractivity contribution in [3.63, 3.8) is 0 Å². The molecule has 8 heteroatoms. The van der Waals surface area contributed by atoms with Gasteiger partial charge < -0.3 is 16.0 Å². The average molecular weight is 394 g/mol. The summed E-state index contributed by atoms with van der Waals surface area (Å²) < 4.78 is 0. The number of rotatable bonds is 5. The standard InChI is InChI=1S/C18H20ClN3O3S/c1-10(2)15(14-5-4-8-26-14)22-18(25)17(24)21-13-9-11(16(23)20-3)6-7-12(13)19/h4-10,15H,1-3H3,(H,20,23)(H,21,24)(H,22,25)/t15-/m0/s1. The van der Waals surface area contributed by atoms with Crippen LogP contribution in [-0.4, -0.2) is 24.8 Å². The quantitative estimate of drug-likeness (QED) is 0.681. The van der Waals surface area contributed by atoms with Crippen LogP contribution in [0.1, 0.15) is 35.1 Å². The summed E-state index contributed by atoms with van der Waals surface area (Å²) in [5.41, 5.74) is 0.524. The Morgan fingerprint density at radius 1 is 1.12 bits per heavy atom. The molecule has 0 bridgehead atoms. The summed E-state index contributed by atoms with van der Waals surface area (Å²) in [7, 11) is 1.50. The van der Waals surface area contributed by atoms with Crippen molar-refractivity contribution in [3.8, 4) is 0 Å². The zero-order chi connectivity index (χ0) is 19.3. The van der Waals surface area contributed by atoms with E-state index in [2.05, 4.69) is 16.0 Å². The summed E-state index contributed by atoms with van der Waals surface area (Å²) in [5.74, 6) is -1.81. The minimum Gasteiger partial charge on any atom is -0.355 e. The molecule has 1 heterocycles. The van der Waals surface area contributed by atoms with Gasteiger partial charge in [0, 0.05) is 17.5 Å². The number of benzene rings is 1. The molecule has 1 aromatic heterocycles. The van der Waals surface area contributed by atoms with Gasteiger partial charge in [-0.2, -0.15) is 0 Å². The minimum atomic E-state index is -0.844. The summed E-state index contributed by atoms with van der Waals surface area (Å²) in [6.07, 6.45) is 0. The average Bonchev–Trinajstić information content (AvgIpc) is 3.14. The monoisotopic (exact) mass is 393 g/mol. The van der Waals surface area contributed by atoms with Crippen molar-refractivity contribution < 1.29 is 14.4 Å². The second-order valence-electron chi connectivity index (χ2n) is 5.94. The first-order valence-electron chi connectivity index (χ1n) is 8.00. The van der Waals surface area contributed by atoms with E-state index in [-0.39, 0.29) is 28.6 Å². The molecule has 26 heavy (non-hydrogen) atoms. The van der Waals surface area contributed by atoms with E-state index in [1.54, 1.807) is 0 Å². The number of carbonyl (C=O) groups is 3. The van der Waals surface area contributed by atoms with E-state index in [1.165, 1.54) is 36.6 Å². The fourth-order valence-corrected chi connectivity index (χ4v) is 3.44. The zero-order valence-corrected chi connectivity index (χ0v) is 16.2. The van der Waals surface area contributed by atoms with Crippen molar-refractivity contribution >= 4 is 46.3 Å². The Kier molecular flexibility index (Phi) is 6.76. The van der Waals surface area contributed by atoms with Crippen LogP contribution in [0.15, 0.2) is 35.7 Å². The van der Waals surface area contributed by atoms with Gasteiger partial charge in [0.25, 0.3) is 5.91 Å². The highest BCUT2D eigenvalue weighted by Gasteiger charge is 2.23. The van der Waals surface area contributed by atoms with Crippen LogP contribution < -0.4 is 16.0 Å². The predicted octanol–water partition coefficient (Wildman–Crippen LogP) is 3.21. The highest BCUT2D eigenvalue weighted by Crippen LogP contribution is 2.26. The van der Waals surface area contributed by atoms with E-state index in [4.69, 9.17) is 11.6 Å². The van der Waals surface area contributed by atoms with Gasteiger partial charge in [-0.3, -0.25) is 14.4 Å². The number of hydrogen-bond acceptors (Lipinski definition) is 4. The number of anilines is 1. The van der Waals surface area contributed by atoms with Gasteiger partial charge in [0.15, 0.2) is 0 Å². The molecule has 3 N–H and O–H groups in total. The molecule has 0 unspecified atom stereocenters. The van der Waals surface area contributed by atoms with Gasteiger partial charge in [0.2, 0.25) is 0 Å². The van der Waals surface area contributed by atoms with Crippen LogP contribution in [0.4, 0.5) is 5.69 Å². The van der Waals surface area contributed by atoms with Gasteiger partial charge >= 0.3 is 11.8 Å². The Hall–Kier alpha value is -2.38. The van der Waals surface area contributed by atoms with E-state index in [0.29, 0.717) is 5.56 Å². The Labute approximate surface area is 160 Å². The van der Waals surface area contributed by atoms with Crippen LogP contribution in [0.3, 0.4) is 0 Å². The SMILES string of the molecule is CNC(=O)c1ccc(Cl)c(NC(=O)C(=O)N[C@H](c2cccs2)C(C)C)c1. The lowest BCUT2D eigenvalue weighted by molar-refractivity contribution is -0.136. The molecule has 1 atom stereocenters. The molecule has 0 aliphatic rings. The Morgan fingerprint density at radius 3 is 2.42 bits per heavy atom. The van der Waals surface area contributed by atoms with Crippen LogP contribution in [0, 0.1) is 5.92 Å². The molecular formula is C18H20ClN3O3S. The van der Waals surface area contributed by atoms with Crippen LogP contribution in [0.5, 0.6) is 0 Å². The molecule has 3 amide bonds. The normalized spacial score (nSPS) is 11.7. The molecule has 138 valence electrons. The van der Waals surface area contributed by atoms with E-state index >= 15 is 0 Å². The first-order valence-corrected chi connectivity index (χ1v) is 9.26. The molecule has 0 aliphatic carbocycles. The van der Waals surface area contributed by atoms with Gasteiger partial charge in [-0.15, -0.1) is 11.3 Å². The molecule has 0 spiro atoms. The van der Waals surface area contributed by atoms with Crippen LogP contribution in [-0.2, 0) is 9.59 Å². The molecule has 0 fully saturated rings. The lowest BCUT2D eigenvalue weighted by Crippen LogP contribution is -2.39. The van der Waals surface area contributed by atoms with E-state index in [9.17, 15) is 14.4 Å². The summed E-state index contributed by atoms with van der Waals surface area (Å²) >= 11 is 7.57. The van der Waals surface area contributed by atoms with E-state index in [1.807, 2.05) is 31.4 Å². The number of thiophene rings is 1. The maximum Gasteiger partial charge on any atom is 0.313 e. The van der Waals surface area contributed by atoms with Crippen LogP contribution in [0.2, 0.25) is 5.02 Å². The summed E-state index contributed by atoms with van der Waals surface area (Å²) in [6, 6.07) is 7.99. The molecule has 0 saturated heterocycles. The number of amides is 3. The molecule has 0 saturated carbocycles. The van der Waals surface area contributed by atoms with E-state index in [0.717, 1.165) is 4.88 Å².